The van der Waals surface area contributed by atoms with Crippen molar-refractivity contribution in [3.05, 3.63) is 11.4 Å². The van der Waals surface area contributed by atoms with Crippen LogP contribution in [-0.4, -0.2) is 21.3 Å². The summed E-state index contributed by atoms with van der Waals surface area (Å²) in [6.07, 6.45) is -3.17. The number of carbonyl (C=O) groups is 1. The lowest BCUT2D eigenvalue weighted by Crippen LogP contribution is -2.15. The second-order valence-corrected chi connectivity index (χ2v) is 3.11. The molecule has 0 N–H and O–H groups in total. The molecule has 0 aliphatic heterocycles. The molecular weight excluding hydrogens is 199 g/mol. The molecule has 1 aliphatic rings. The summed E-state index contributed by atoms with van der Waals surface area (Å²) >= 11 is 0. The average molecular weight is 205 g/mol. The summed E-state index contributed by atoms with van der Waals surface area (Å²) in [6.45, 7) is 0. The van der Waals surface area contributed by atoms with E-state index < -0.39 is 17.6 Å². The van der Waals surface area contributed by atoms with Crippen molar-refractivity contribution < 1.29 is 18.0 Å². The molecule has 1 aliphatic carbocycles. The van der Waals surface area contributed by atoms with Gasteiger partial charge in [0.2, 0.25) is 0 Å². The predicted molar refractivity (Wildman–Crippen MR) is 38.7 cm³/mol. The third kappa shape index (κ3) is 1.38. The van der Waals surface area contributed by atoms with Gasteiger partial charge in [0.25, 0.3) is 0 Å². The van der Waals surface area contributed by atoms with Crippen molar-refractivity contribution in [2.75, 3.05) is 0 Å². The van der Waals surface area contributed by atoms with Crippen molar-refractivity contribution in [2.24, 2.45) is 0 Å². The summed E-state index contributed by atoms with van der Waals surface area (Å²) in [5.41, 5.74) is -1.67. The van der Waals surface area contributed by atoms with E-state index >= 15 is 0 Å². The molecule has 2 rings (SSSR count). The Balaban J connectivity index is 2.50. The lowest BCUT2D eigenvalue weighted by molar-refractivity contribution is -0.144. The Labute approximate surface area is 76.7 Å². The molecule has 0 spiro atoms. The van der Waals surface area contributed by atoms with Gasteiger partial charge in [-0.25, -0.2) is 4.68 Å². The van der Waals surface area contributed by atoms with Gasteiger partial charge in [-0.1, -0.05) is 5.21 Å². The van der Waals surface area contributed by atoms with E-state index in [1.54, 1.807) is 0 Å². The van der Waals surface area contributed by atoms with Crippen molar-refractivity contribution in [3.63, 3.8) is 0 Å². The van der Waals surface area contributed by atoms with Crippen LogP contribution in [0, 0.1) is 0 Å². The minimum absolute atomic E-state index is 0.0781. The Morgan fingerprint density at radius 3 is 2.50 bits per heavy atom. The molecule has 0 saturated heterocycles. The summed E-state index contributed by atoms with van der Waals surface area (Å²) in [7, 11) is 0. The molecule has 0 aromatic carbocycles. The minimum Gasteiger partial charge on any atom is -0.296 e. The number of hydrogen-bond acceptors (Lipinski definition) is 3. The van der Waals surface area contributed by atoms with E-state index in [1.807, 2.05) is 0 Å². The zero-order valence-corrected chi connectivity index (χ0v) is 6.95. The van der Waals surface area contributed by atoms with Gasteiger partial charge < -0.3 is 0 Å². The molecule has 0 atom stereocenters. The normalized spacial score (nSPS) is 17.1. The summed E-state index contributed by atoms with van der Waals surface area (Å²) in [4.78, 5) is 10.3. The quantitative estimate of drug-likeness (QED) is 0.686. The maximum atomic E-state index is 12.5. The van der Waals surface area contributed by atoms with Crippen LogP contribution in [0.15, 0.2) is 0 Å². The Bertz CT molecular complexity index is 367. The lowest BCUT2D eigenvalue weighted by Gasteiger charge is -2.08. The first kappa shape index (κ1) is 9.17. The molecule has 1 heterocycles. The first-order chi connectivity index (χ1) is 6.54. The van der Waals surface area contributed by atoms with Gasteiger partial charge in [0.05, 0.1) is 6.04 Å². The predicted octanol–water partition coefficient (Wildman–Crippen LogP) is 1.44. The zero-order valence-electron chi connectivity index (χ0n) is 6.95. The highest BCUT2D eigenvalue weighted by atomic mass is 19.4. The van der Waals surface area contributed by atoms with Gasteiger partial charge >= 0.3 is 6.18 Å². The highest BCUT2D eigenvalue weighted by Gasteiger charge is 2.42. The van der Waals surface area contributed by atoms with Gasteiger partial charge in [0.1, 0.15) is 0 Å². The van der Waals surface area contributed by atoms with E-state index in [-0.39, 0.29) is 12.3 Å². The van der Waals surface area contributed by atoms with Gasteiger partial charge in [0, 0.05) is 0 Å². The Hall–Kier alpha value is -1.40. The number of hydrogen-bond donors (Lipinski definition) is 0. The van der Waals surface area contributed by atoms with Gasteiger partial charge in [-0.05, 0) is 12.8 Å². The zero-order chi connectivity index (χ0) is 10.3. The largest absolute Gasteiger partial charge is 0.435 e. The highest BCUT2D eigenvalue weighted by molar-refractivity contribution is 5.73. The smallest absolute Gasteiger partial charge is 0.296 e. The van der Waals surface area contributed by atoms with Gasteiger partial charge in [-0.3, -0.25) is 4.79 Å². The van der Waals surface area contributed by atoms with E-state index in [1.165, 1.54) is 0 Å². The molecule has 14 heavy (non-hydrogen) atoms. The maximum absolute atomic E-state index is 12.5. The molecule has 7 heteroatoms. The van der Waals surface area contributed by atoms with Crippen molar-refractivity contribution in [1.82, 2.24) is 15.0 Å². The van der Waals surface area contributed by atoms with Crippen LogP contribution >= 0.6 is 0 Å². The fourth-order valence-electron chi connectivity index (χ4n) is 1.24. The molecule has 1 aromatic rings. The number of carbonyl (C=O) groups excluding carboxylic acids is 1. The monoisotopic (exact) mass is 205 g/mol. The van der Waals surface area contributed by atoms with Crippen LogP contribution in [0.25, 0.3) is 0 Å². The van der Waals surface area contributed by atoms with Crippen LogP contribution in [0.5, 0.6) is 0 Å². The number of halogens is 3. The molecular formula is C7H6F3N3O. The number of aldehydes is 1. The van der Waals surface area contributed by atoms with E-state index in [9.17, 15) is 18.0 Å². The summed E-state index contributed by atoms with van der Waals surface area (Å²) < 4.78 is 38.2. The summed E-state index contributed by atoms with van der Waals surface area (Å²) in [5.74, 6) is 0. The first-order valence-electron chi connectivity index (χ1n) is 4.01. The minimum atomic E-state index is -4.57. The molecule has 0 bridgehead atoms. The highest BCUT2D eigenvalue weighted by Crippen LogP contribution is 2.40. The second-order valence-electron chi connectivity index (χ2n) is 3.11. The van der Waals surface area contributed by atoms with Crippen LogP contribution in [0.2, 0.25) is 0 Å². The number of nitrogens with zero attached hydrogens (tertiary/aromatic N) is 3. The molecule has 0 unspecified atom stereocenters. The van der Waals surface area contributed by atoms with Crippen molar-refractivity contribution in [1.29, 1.82) is 0 Å². The molecule has 4 nitrogen and oxygen atoms in total. The molecule has 1 fully saturated rings. The van der Waals surface area contributed by atoms with Crippen LogP contribution in [0.3, 0.4) is 0 Å². The number of aromatic nitrogens is 3. The lowest BCUT2D eigenvalue weighted by atomic mass is 10.3. The Morgan fingerprint density at radius 2 is 2.07 bits per heavy atom. The number of alkyl halides is 3. The first-order valence-corrected chi connectivity index (χ1v) is 4.01. The van der Waals surface area contributed by atoms with E-state index in [0.717, 1.165) is 4.68 Å². The Morgan fingerprint density at radius 1 is 1.43 bits per heavy atom. The van der Waals surface area contributed by atoms with Crippen LogP contribution in [0.1, 0.15) is 35.1 Å². The average Bonchev–Trinajstić information content (AvgIpc) is 2.82. The van der Waals surface area contributed by atoms with E-state index in [2.05, 4.69) is 10.3 Å². The standard InChI is InChI=1S/C7H6F3N3O/c8-7(9,10)6-5(3-14)11-12-13(6)4-1-2-4/h3-4H,1-2H2. The van der Waals surface area contributed by atoms with Crippen molar-refractivity contribution in [2.45, 2.75) is 25.1 Å². The van der Waals surface area contributed by atoms with Gasteiger partial charge in [-0.2, -0.15) is 13.2 Å². The molecule has 1 aromatic heterocycles. The maximum Gasteiger partial charge on any atom is 0.435 e. The Kier molecular flexibility index (Phi) is 1.83. The third-order valence-corrected chi connectivity index (χ3v) is 1.99. The molecule has 1 saturated carbocycles. The van der Waals surface area contributed by atoms with E-state index in [4.69, 9.17) is 0 Å². The third-order valence-electron chi connectivity index (χ3n) is 1.99. The summed E-state index contributed by atoms with van der Waals surface area (Å²) in [5, 5.41) is 6.52. The molecule has 76 valence electrons. The second kappa shape index (κ2) is 2.79. The van der Waals surface area contributed by atoms with Crippen LogP contribution in [-0.2, 0) is 6.18 Å². The van der Waals surface area contributed by atoms with Crippen LogP contribution in [0.4, 0.5) is 13.2 Å². The van der Waals surface area contributed by atoms with Crippen molar-refractivity contribution >= 4 is 6.29 Å². The van der Waals surface area contributed by atoms with E-state index in [0.29, 0.717) is 12.8 Å². The summed E-state index contributed by atoms with van der Waals surface area (Å²) in [6, 6.07) is -0.243. The molecule has 0 amide bonds. The SMILES string of the molecule is O=Cc1nnn(C2CC2)c1C(F)(F)F. The topological polar surface area (TPSA) is 47.8 Å². The number of rotatable bonds is 2. The fraction of sp³-hybridized carbons (Fsp3) is 0.571. The molecule has 0 radical (unpaired) electrons. The van der Waals surface area contributed by atoms with Gasteiger partial charge in [-0.15, -0.1) is 5.10 Å². The fourth-order valence-corrected chi connectivity index (χ4v) is 1.24. The van der Waals surface area contributed by atoms with Gasteiger partial charge in [0.15, 0.2) is 17.7 Å². The van der Waals surface area contributed by atoms with Crippen molar-refractivity contribution in [3.8, 4) is 0 Å². The van der Waals surface area contributed by atoms with Crippen LogP contribution < -0.4 is 0 Å².